The number of nitrogens with two attached hydrogens (primary N) is 1. The van der Waals surface area contributed by atoms with Crippen molar-refractivity contribution in [2.24, 2.45) is 12.8 Å². The topological polar surface area (TPSA) is 90.2 Å². The number of carbonyl (C=O) groups is 1. The monoisotopic (exact) mass is 337 g/mol. The number of fused-ring (bicyclic) bond motifs is 1. The second kappa shape index (κ2) is 6.18. The molecule has 1 saturated heterocycles. The van der Waals surface area contributed by atoms with Crippen molar-refractivity contribution in [3.63, 3.8) is 0 Å². The molecule has 1 fully saturated rings. The van der Waals surface area contributed by atoms with E-state index in [-0.39, 0.29) is 11.9 Å². The first kappa shape index (κ1) is 15.6. The summed E-state index contributed by atoms with van der Waals surface area (Å²) in [6, 6.07) is 9.68. The molecule has 1 aromatic carbocycles. The van der Waals surface area contributed by atoms with E-state index in [9.17, 15) is 4.79 Å². The van der Waals surface area contributed by atoms with Gasteiger partial charge in [0.15, 0.2) is 5.82 Å². The van der Waals surface area contributed by atoms with Crippen LogP contribution in [0.5, 0.6) is 0 Å². The van der Waals surface area contributed by atoms with E-state index in [0.717, 1.165) is 28.6 Å². The SMILES string of the molecule is Cn1ccnc1CC1NC2=C(CN)[NH+]=C(c3ccccc3)CN2C1=O. The van der Waals surface area contributed by atoms with Crippen molar-refractivity contribution >= 4 is 11.6 Å². The first-order valence-corrected chi connectivity index (χ1v) is 8.33. The molecule has 4 rings (SSSR count). The average Bonchev–Trinajstić information content (AvgIpc) is 3.19. The van der Waals surface area contributed by atoms with Gasteiger partial charge in [0, 0.05) is 31.4 Å². The minimum atomic E-state index is -0.324. The number of hydrogen-bond acceptors (Lipinski definition) is 4. The maximum Gasteiger partial charge on any atom is 0.251 e. The van der Waals surface area contributed by atoms with Gasteiger partial charge in [0.25, 0.3) is 5.91 Å². The average molecular weight is 337 g/mol. The van der Waals surface area contributed by atoms with Gasteiger partial charge in [0.2, 0.25) is 11.4 Å². The summed E-state index contributed by atoms with van der Waals surface area (Å²) in [6.45, 7) is 0.837. The highest BCUT2D eigenvalue weighted by atomic mass is 16.2. The third kappa shape index (κ3) is 2.72. The van der Waals surface area contributed by atoms with Crippen LogP contribution < -0.4 is 16.0 Å². The van der Waals surface area contributed by atoms with E-state index >= 15 is 0 Å². The minimum Gasteiger partial charge on any atom is -0.354 e. The molecule has 0 radical (unpaired) electrons. The van der Waals surface area contributed by atoms with Crippen LogP contribution >= 0.6 is 0 Å². The van der Waals surface area contributed by atoms with Crippen molar-refractivity contribution in [3.05, 3.63) is 65.6 Å². The Morgan fingerprint density at radius 2 is 2.16 bits per heavy atom. The van der Waals surface area contributed by atoms with Gasteiger partial charge < -0.3 is 15.6 Å². The molecule has 0 spiro atoms. The van der Waals surface area contributed by atoms with E-state index in [4.69, 9.17) is 5.73 Å². The summed E-state index contributed by atoms with van der Waals surface area (Å²) < 4.78 is 1.93. The number of amides is 1. The number of aryl methyl sites for hydroxylation is 1. The number of imidazole rings is 1. The summed E-state index contributed by atoms with van der Waals surface area (Å²) in [4.78, 5) is 22.4. The molecular formula is C18H21N6O+. The lowest BCUT2D eigenvalue weighted by Crippen LogP contribution is -2.77. The molecule has 0 bridgehead atoms. The van der Waals surface area contributed by atoms with E-state index in [0.29, 0.717) is 19.5 Å². The molecule has 1 atom stereocenters. The van der Waals surface area contributed by atoms with Crippen LogP contribution in [0.15, 0.2) is 54.2 Å². The van der Waals surface area contributed by atoms with E-state index in [2.05, 4.69) is 15.3 Å². The first-order chi connectivity index (χ1) is 12.2. The van der Waals surface area contributed by atoms with Crippen LogP contribution in [0.2, 0.25) is 0 Å². The zero-order valence-corrected chi connectivity index (χ0v) is 14.1. The van der Waals surface area contributed by atoms with Crippen molar-refractivity contribution in [1.82, 2.24) is 19.8 Å². The Morgan fingerprint density at radius 1 is 1.36 bits per heavy atom. The molecule has 3 heterocycles. The van der Waals surface area contributed by atoms with Crippen molar-refractivity contribution in [2.45, 2.75) is 12.5 Å². The lowest BCUT2D eigenvalue weighted by Gasteiger charge is -2.20. The number of nitrogens with zero attached hydrogens (tertiary/aromatic N) is 3. The van der Waals surface area contributed by atoms with E-state index in [1.165, 1.54) is 0 Å². The molecule has 4 N–H and O–H groups in total. The zero-order chi connectivity index (χ0) is 17.4. The number of benzene rings is 1. The maximum atomic E-state index is 12.9. The molecule has 1 aromatic heterocycles. The maximum absolute atomic E-state index is 12.9. The fourth-order valence-electron chi connectivity index (χ4n) is 3.31. The molecule has 2 aromatic rings. The minimum absolute atomic E-state index is 0.0545. The van der Waals surface area contributed by atoms with Crippen LogP contribution in [0, 0.1) is 0 Å². The van der Waals surface area contributed by atoms with Gasteiger partial charge in [-0.15, -0.1) is 0 Å². The Bertz CT molecular complexity index is 867. The highest BCUT2D eigenvalue weighted by Gasteiger charge is 2.42. The molecular weight excluding hydrogens is 316 g/mol. The molecule has 7 heteroatoms. The van der Waals surface area contributed by atoms with Gasteiger partial charge in [-0.25, -0.2) is 9.98 Å². The van der Waals surface area contributed by atoms with Gasteiger partial charge >= 0.3 is 0 Å². The predicted octanol–water partition coefficient (Wildman–Crippen LogP) is -1.53. The molecule has 128 valence electrons. The fraction of sp³-hybridized carbons (Fsp3) is 0.278. The summed E-state index contributed by atoms with van der Waals surface area (Å²) >= 11 is 0. The van der Waals surface area contributed by atoms with Gasteiger partial charge in [-0.3, -0.25) is 9.69 Å². The van der Waals surface area contributed by atoms with E-state index in [1.807, 2.05) is 48.1 Å². The largest absolute Gasteiger partial charge is 0.354 e. The second-order valence-electron chi connectivity index (χ2n) is 6.28. The summed E-state index contributed by atoms with van der Waals surface area (Å²) in [5, 5.41) is 3.33. The van der Waals surface area contributed by atoms with Crippen molar-refractivity contribution in [1.29, 1.82) is 0 Å². The van der Waals surface area contributed by atoms with Crippen LogP contribution in [0.25, 0.3) is 0 Å². The molecule has 0 aliphatic carbocycles. The Balaban J connectivity index is 1.62. The molecule has 2 aliphatic rings. The Kier molecular flexibility index (Phi) is 3.85. The van der Waals surface area contributed by atoms with Crippen LogP contribution in [-0.2, 0) is 18.3 Å². The standard InChI is InChI=1S/C18H20N6O/c1-23-8-7-20-16(23)9-13-18(25)24-11-15(12-5-3-2-4-6-12)21-14(10-19)17(24)22-13/h2-8,13,22H,9-11,19H2,1H3/p+1. The van der Waals surface area contributed by atoms with Crippen molar-refractivity contribution in [2.75, 3.05) is 13.1 Å². The normalized spacial score (nSPS) is 19.8. The third-order valence-corrected chi connectivity index (χ3v) is 4.68. The zero-order valence-electron chi connectivity index (χ0n) is 14.1. The lowest BCUT2D eigenvalue weighted by molar-refractivity contribution is -0.404. The summed E-state index contributed by atoms with van der Waals surface area (Å²) in [6.07, 6.45) is 4.17. The highest BCUT2D eigenvalue weighted by molar-refractivity contribution is 6.01. The summed E-state index contributed by atoms with van der Waals surface area (Å²) in [5.74, 6) is 1.71. The molecule has 7 nitrogen and oxygen atoms in total. The number of aromatic nitrogens is 2. The van der Waals surface area contributed by atoms with Crippen LogP contribution in [0.4, 0.5) is 0 Å². The molecule has 25 heavy (non-hydrogen) atoms. The van der Waals surface area contributed by atoms with E-state index in [1.54, 1.807) is 11.1 Å². The van der Waals surface area contributed by atoms with Crippen molar-refractivity contribution < 1.29 is 9.79 Å². The van der Waals surface area contributed by atoms with Crippen LogP contribution in [0.3, 0.4) is 0 Å². The molecule has 0 saturated carbocycles. The smallest absolute Gasteiger partial charge is 0.251 e. The number of nitrogens with one attached hydrogen (secondary N) is 2. The molecule has 1 amide bonds. The molecule has 1 unspecified atom stereocenters. The Hall–Kier alpha value is -2.93. The van der Waals surface area contributed by atoms with Gasteiger partial charge in [-0.1, -0.05) is 18.2 Å². The fourth-order valence-corrected chi connectivity index (χ4v) is 3.31. The van der Waals surface area contributed by atoms with Gasteiger partial charge in [0.1, 0.15) is 18.4 Å². The Morgan fingerprint density at radius 3 is 2.84 bits per heavy atom. The predicted molar refractivity (Wildman–Crippen MR) is 93.1 cm³/mol. The quantitative estimate of drug-likeness (QED) is 0.632. The summed E-state index contributed by atoms with van der Waals surface area (Å²) in [7, 11) is 1.93. The summed E-state index contributed by atoms with van der Waals surface area (Å²) in [5.41, 5.74) is 8.80. The van der Waals surface area contributed by atoms with Gasteiger partial charge in [-0.2, -0.15) is 0 Å². The van der Waals surface area contributed by atoms with E-state index < -0.39 is 0 Å². The van der Waals surface area contributed by atoms with Gasteiger partial charge in [0.05, 0.1) is 6.54 Å². The molecule has 2 aliphatic heterocycles. The van der Waals surface area contributed by atoms with Crippen LogP contribution in [-0.4, -0.2) is 45.2 Å². The Labute approximate surface area is 145 Å². The highest BCUT2D eigenvalue weighted by Crippen LogP contribution is 2.20. The van der Waals surface area contributed by atoms with Crippen molar-refractivity contribution in [3.8, 4) is 0 Å². The van der Waals surface area contributed by atoms with Crippen LogP contribution in [0.1, 0.15) is 11.4 Å². The third-order valence-electron chi connectivity index (χ3n) is 4.68. The first-order valence-electron chi connectivity index (χ1n) is 8.33. The number of hydrogen-bond donors (Lipinski definition) is 3. The number of carbonyl (C=O) groups excluding carboxylic acids is 1. The number of rotatable bonds is 4. The van der Waals surface area contributed by atoms with Gasteiger partial charge in [-0.05, 0) is 12.1 Å². The second-order valence-corrected chi connectivity index (χ2v) is 6.28. The lowest BCUT2D eigenvalue weighted by atomic mass is 10.1.